The van der Waals surface area contributed by atoms with Crippen molar-refractivity contribution in [3.8, 4) is 22.3 Å². The van der Waals surface area contributed by atoms with E-state index < -0.39 is 0 Å². The van der Waals surface area contributed by atoms with Crippen molar-refractivity contribution in [1.29, 1.82) is 0 Å². The molecule has 0 aliphatic carbocycles. The zero-order valence-electron chi connectivity index (χ0n) is 34.8. The molecule has 2 unspecified atom stereocenters. The van der Waals surface area contributed by atoms with Gasteiger partial charge in [-0.3, -0.25) is 0 Å². The van der Waals surface area contributed by atoms with Crippen molar-refractivity contribution in [2.45, 2.75) is 32.5 Å². The van der Waals surface area contributed by atoms with E-state index in [0.717, 1.165) is 15.5 Å². The Balaban J connectivity index is 0.000000624. The average Bonchev–Trinajstić information content (AvgIpc) is 3.99. The standard InChI is InChI=1S/C49H31B2N2S2.C5H12O2.Pt/c1-3-13-38(14-4-1)52-33-53(39-15-5-2-6-16-39)51(37-31-27-35(28-32-37)41-20-12-22-45-43-18-8-10-24-47(43)55-49(41)45)50(52)36-29-25-34(26-30-36)40-19-11-21-44-42-17-7-9-23-46(42)54-48(40)44;1-4(6)3-5(2)7;/h1-15,17-32H;4-7H,3H2,1-2H3;/q-1;;. The normalized spacial score (nSPS) is 13.9. The van der Waals surface area contributed by atoms with Crippen LogP contribution in [0, 0.1) is 6.07 Å². The molecule has 310 valence electrons. The molecular weight excluding hydrogens is 989 g/mol. The predicted molar refractivity (Wildman–Crippen MR) is 270 cm³/mol. The van der Waals surface area contributed by atoms with Gasteiger partial charge in [0.15, 0.2) is 0 Å². The number of nitrogens with zero attached hydrogens (tertiary/aromatic N) is 2. The van der Waals surface area contributed by atoms with Crippen molar-refractivity contribution in [1.82, 2.24) is 0 Å². The van der Waals surface area contributed by atoms with Crippen LogP contribution in [0.5, 0.6) is 0 Å². The Hall–Kier alpha value is -5.59. The van der Waals surface area contributed by atoms with E-state index in [1.165, 1.54) is 73.5 Å². The number of para-hydroxylation sites is 2. The van der Waals surface area contributed by atoms with Gasteiger partial charge in [-0.15, -0.1) is 0 Å². The first-order valence-corrected chi connectivity index (χ1v) is 24.1. The molecule has 9 heteroatoms. The fraction of sp³-hybridized carbons (Fsp3) is 0.0926. The van der Waals surface area contributed by atoms with E-state index >= 15 is 0 Å². The van der Waals surface area contributed by atoms with E-state index in [4.69, 9.17) is 10.2 Å². The van der Waals surface area contributed by atoms with Crippen molar-refractivity contribution in [3.63, 3.8) is 0 Å². The number of aliphatic hydroxyl groups is 2. The average molecular weight is 1030 g/mol. The van der Waals surface area contributed by atoms with E-state index in [1.807, 2.05) is 34.8 Å². The topological polar surface area (TPSA) is 46.9 Å². The third-order valence-electron chi connectivity index (χ3n) is 11.8. The van der Waals surface area contributed by atoms with Gasteiger partial charge in [0.25, 0.3) is 0 Å². The number of thiophene rings is 2. The fourth-order valence-electron chi connectivity index (χ4n) is 9.06. The maximum absolute atomic E-state index is 8.56. The number of fused-ring (bicyclic) bond motifs is 6. The van der Waals surface area contributed by atoms with Crippen molar-refractivity contribution in [2.24, 2.45) is 0 Å². The van der Waals surface area contributed by atoms with Gasteiger partial charge in [-0.2, -0.15) is 0 Å². The van der Waals surface area contributed by atoms with Crippen LogP contribution in [0.1, 0.15) is 20.3 Å². The Morgan fingerprint density at radius 2 is 0.968 bits per heavy atom. The number of hydrogen-bond acceptors (Lipinski definition) is 6. The molecule has 10 aromatic rings. The summed E-state index contributed by atoms with van der Waals surface area (Å²) in [6.07, 6.45) is -0.278. The molecule has 11 rings (SSSR count). The second-order valence-corrected chi connectivity index (χ2v) is 19.3. The molecule has 0 saturated carbocycles. The zero-order valence-corrected chi connectivity index (χ0v) is 38.7. The number of rotatable bonds is 8. The number of anilines is 2. The first kappa shape index (κ1) is 41.4. The molecule has 1 aliphatic rings. The van der Waals surface area contributed by atoms with Gasteiger partial charge >= 0.3 is 324 Å². The van der Waals surface area contributed by atoms with Crippen LogP contribution in [0.3, 0.4) is 0 Å². The Bertz CT molecular complexity index is 3000. The summed E-state index contributed by atoms with van der Waals surface area (Å²) in [6, 6.07) is 72.5. The third-order valence-corrected chi connectivity index (χ3v) is 15.4. The Labute approximate surface area is 388 Å². The molecule has 2 aromatic heterocycles. The molecule has 1 fully saturated rings. The van der Waals surface area contributed by atoms with Gasteiger partial charge in [0.2, 0.25) is 0 Å². The molecule has 2 N–H and O–H groups in total. The van der Waals surface area contributed by atoms with Gasteiger partial charge in [0.1, 0.15) is 0 Å². The SMILES string of the molecule is CC(O)CC(C)O.[Pt]=[C]1N(c2[c-]cccc2)B(c2ccc(-c3cccc4c3sc3ccccc34)cc2)B(c2ccc(-c3cccc4c3sc3ccccc34)cc2)N1c1ccccc1. The minimum atomic E-state index is -0.375. The summed E-state index contributed by atoms with van der Waals surface area (Å²) in [5.74, 6) is 0. The van der Waals surface area contributed by atoms with Crippen LogP contribution in [0.2, 0.25) is 0 Å². The van der Waals surface area contributed by atoms with Crippen LogP contribution in [-0.4, -0.2) is 40.0 Å². The molecular formula is C54H43B2N2O2PtS2-. The molecule has 2 atom stereocenters. The molecule has 1 saturated heterocycles. The first-order chi connectivity index (χ1) is 30.8. The molecule has 3 heterocycles. The summed E-state index contributed by atoms with van der Waals surface area (Å²) in [7, 11) is 0. The van der Waals surface area contributed by atoms with Gasteiger partial charge in [-0.25, -0.2) is 0 Å². The summed E-state index contributed by atoms with van der Waals surface area (Å²) < 4.78 is 6.48. The summed E-state index contributed by atoms with van der Waals surface area (Å²) >= 11 is 6.31. The number of aliphatic hydroxyl groups excluding tert-OH is 2. The molecule has 0 radical (unpaired) electrons. The number of benzene rings is 8. The molecule has 1 aliphatic heterocycles. The van der Waals surface area contributed by atoms with Crippen LogP contribution in [-0.2, 0) is 19.4 Å². The van der Waals surface area contributed by atoms with Crippen molar-refractivity contribution in [2.75, 3.05) is 9.62 Å². The minimum absolute atomic E-state index is 0.00967. The fourth-order valence-corrected chi connectivity index (χ4v) is 12.7. The quantitative estimate of drug-likeness (QED) is 0.118. The Kier molecular flexibility index (Phi) is 11.8. The van der Waals surface area contributed by atoms with Crippen molar-refractivity contribution >= 4 is 103 Å². The van der Waals surface area contributed by atoms with Crippen molar-refractivity contribution < 1.29 is 29.6 Å². The molecule has 0 bridgehead atoms. The van der Waals surface area contributed by atoms with E-state index in [2.05, 4.69) is 211 Å². The van der Waals surface area contributed by atoms with Gasteiger partial charge in [-0.1, -0.05) is 24.3 Å². The Morgan fingerprint density at radius 1 is 0.508 bits per heavy atom. The maximum atomic E-state index is 8.56. The van der Waals surface area contributed by atoms with Gasteiger partial charge in [-0.05, 0) is 20.3 Å². The zero-order chi connectivity index (χ0) is 43.0. The molecule has 63 heavy (non-hydrogen) atoms. The van der Waals surface area contributed by atoms with Crippen LogP contribution < -0.4 is 20.5 Å². The van der Waals surface area contributed by atoms with E-state index in [0.29, 0.717) is 6.42 Å². The molecule has 0 amide bonds. The summed E-state index contributed by atoms with van der Waals surface area (Å²) in [6.45, 7) is 3.29. The second kappa shape index (κ2) is 17.9. The monoisotopic (exact) mass is 1030 g/mol. The van der Waals surface area contributed by atoms with Crippen LogP contribution in [0.25, 0.3) is 62.6 Å². The van der Waals surface area contributed by atoms with E-state index in [9.17, 15) is 0 Å². The summed E-state index contributed by atoms with van der Waals surface area (Å²) in [5, 5.41) is 22.4. The van der Waals surface area contributed by atoms with E-state index in [-0.39, 0.29) is 25.7 Å². The van der Waals surface area contributed by atoms with Crippen LogP contribution in [0.15, 0.2) is 188 Å². The van der Waals surface area contributed by atoms with Gasteiger partial charge in [0, 0.05) is 0 Å². The van der Waals surface area contributed by atoms with Crippen LogP contribution >= 0.6 is 22.7 Å². The second-order valence-electron chi connectivity index (χ2n) is 16.2. The third kappa shape index (κ3) is 8.01. The van der Waals surface area contributed by atoms with E-state index in [1.54, 1.807) is 13.8 Å². The summed E-state index contributed by atoms with van der Waals surface area (Å²) in [4.78, 5) is 4.99. The van der Waals surface area contributed by atoms with Gasteiger partial charge < -0.3 is 10.2 Å². The van der Waals surface area contributed by atoms with Gasteiger partial charge in [0.05, 0.1) is 12.2 Å². The van der Waals surface area contributed by atoms with Crippen LogP contribution in [0.4, 0.5) is 11.4 Å². The molecule has 4 nitrogen and oxygen atoms in total. The Morgan fingerprint density at radius 3 is 1.44 bits per heavy atom. The summed E-state index contributed by atoms with van der Waals surface area (Å²) in [5.41, 5.74) is 9.77. The first-order valence-electron chi connectivity index (χ1n) is 21.3. The van der Waals surface area contributed by atoms with Crippen molar-refractivity contribution in [3.05, 3.63) is 194 Å². The predicted octanol–water partition coefficient (Wildman–Crippen LogP) is 11.5. The molecule has 8 aromatic carbocycles. The molecule has 0 spiro atoms. The number of hydrogen-bond donors (Lipinski definition) is 2.